The molecule has 0 aliphatic carbocycles. The number of rotatable bonds is 63. The van der Waals surface area contributed by atoms with Gasteiger partial charge in [0.05, 0.1) is 0 Å². The van der Waals surface area contributed by atoms with Gasteiger partial charge in [0.25, 0.3) is 0 Å². The number of esters is 3. The van der Waals surface area contributed by atoms with Crippen molar-refractivity contribution in [2.45, 2.75) is 361 Å². The number of ether oxygens (including phenoxy) is 3. The highest BCUT2D eigenvalue weighted by molar-refractivity contribution is 5.71. The summed E-state index contributed by atoms with van der Waals surface area (Å²) in [5.41, 5.74) is 0. The van der Waals surface area contributed by atoms with Gasteiger partial charge in [-0.1, -0.05) is 318 Å². The lowest BCUT2D eigenvalue weighted by Crippen LogP contribution is -2.30. The van der Waals surface area contributed by atoms with E-state index in [1.165, 1.54) is 212 Å². The molecule has 0 aliphatic rings. The number of unbranched alkanes of at least 4 members (excludes halogenated alkanes) is 40. The Labute approximate surface area is 491 Å². The molecule has 0 aromatic rings. The van der Waals surface area contributed by atoms with Crippen molar-refractivity contribution in [1.29, 1.82) is 0 Å². The van der Waals surface area contributed by atoms with Crippen LogP contribution in [0, 0.1) is 0 Å². The molecular formula is C73H130O6. The van der Waals surface area contributed by atoms with Crippen molar-refractivity contribution in [2.75, 3.05) is 13.2 Å². The van der Waals surface area contributed by atoms with Crippen molar-refractivity contribution in [1.82, 2.24) is 0 Å². The molecule has 1 unspecified atom stereocenters. The molecule has 0 bridgehead atoms. The van der Waals surface area contributed by atoms with Gasteiger partial charge in [0.15, 0.2) is 6.10 Å². The minimum Gasteiger partial charge on any atom is -0.462 e. The first-order valence-electron chi connectivity index (χ1n) is 34.4. The summed E-state index contributed by atoms with van der Waals surface area (Å²) < 4.78 is 16.9. The summed E-state index contributed by atoms with van der Waals surface area (Å²) in [5, 5.41) is 0. The van der Waals surface area contributed by atoms with Gasteiger partial charge in [-0.15, -0.1) is 0 Å². The lowest BCUT2D eigenvalue weighted by molar-refractivity contribution is -0.167. The Kier molecular flexibility index (Phi) is 64.7. The van der Waals surface area contributed by atoms with Crippen molar-refractivity contribution in [3.05, 3.63) is 72.9 Å². The predicted molar refractivity (Wildman–Crippen MR) is 344 cm³/mol. The lowest BCUT2D eigenvalue weighted by Gasteiger charge is -2.18. The van der Waals surface area contributed by atoms with Crippen LogP contribution in [-0.4, -0.2) is 37.2 Å². The SMILES string of the molecule is CC/C=C\C/C=C\C/C=C\C/C=C\C/C=C\CCCCCC(=O)OC(COC(=O)CCCCCCC/C=C\CCCCC)COC(=O)CCCCCCCCCCCCCCCCCCCCCCCCCCCCCCCC. The first-order valence-corrected chi connectivity index (χ1v) is 34.4. The van der Waals surface area contributed by atoms with Gasteiger partial charge in [-0.25, -0.2) is 0 Å². The second-order valence-electron chi connectivity index (χ2n) is 23.1. The van der Waals surface area contributed by atoms with Crippen molar-refractivity contribution in [3.8, 4) is 0 Å². The molecule has 0 aromatic carbocycles. The second-order valence-corrected chi connectivity index (χ2v) is 23.1. The van der Waals surface area contributed by atoms with E-state index < -0.39 is 6.10 Å². The number of hydrogen-bond acceptors (Lipinski definition) is 6. The summed E-state index contributed by atoms with van der Waals surface area (Å²) in [4.78, 5) is 38.3. The largest absolute Gasteiger partial charge is 0.462 e. The van der Waals surface area contributed by atoms with Crippen molar-refractivity contribution < 1.29 is 28.6 Å². The van der Waals surface area contributed by atoms with Gasteiger partial charge in [-0.3, -0.25) is 14.4 Å². The second kappa shape index (κ2) is 67.4. The predicted octanol–water partition coefficient (Wildman–Crippen LogP) is 23.7. The van der Waals surface area contributed by atoms with Crippen LogP contribution in [0.25, 0.3) is 0 Å². The third kappa shape index (κ3) is 65.5. The molecule has 0 aliphatic heterocycles. The summed E-state index contributed by atoms with van der Waals surface area (Å²) >= 11 is 0. The molecule has 0 heterocycles. The number of carbonyl (C=O) groups is 3. The molecule has 0 fully saturated rings. The van der Waals surface area contributed by atoms with E-state index in [1.54, 1.807) is 0 Å². The molecule has 458 valence electrons. The molecule has 6 heteroatoms. The summed E-state index contributed by atoms with van der Waals surface area (Å²) in [5.74, 6) is -0.915. The minimum absolute atomic E-state index is 0.0887. The quantitative estimate of drug-likeness (QED) is 0.0261. The molecule has 0 amide bonds. The smallest absolute Gasteiger partial charge is 0.306 e. The topological polar surface area (TPSA) is 78.9 Å². The van der Waals surface area contributed by atoms with Crippen LogP contribution in [0.4, 0.5) is 0 Å². The normalized spacial score (nSPS) is 12.5. The van der Waals surface area contributed by atoms with E-state index in [4.69, 9.17) is 14.2 Å². The Morgan fingerprint density at radius 1 is 0.266 bits per heavy atom. The monoisotopic (exact) mass is 1100 g/mol. The molecule has 0 spiro atoms. The first-order chi connectivity index (χ1) is 39.0. The van der Waals surface area contributed by atoms with Crippen LogP contribution in [0.1, 0.15) is 355 Å². The highest BCUT2D eigenvalue weighted by Crippen LogP contribution is 2.18. The van der Waals surface area contributed by atoms with Crippen LogP contribution in [0.2, 0.25) is 0 Å². The molecular weight excluding hydrogens is 973 g/mol. The maximum absolute atomic E-state index is 12.9. The average Bonchev–Trinajstić information content (AvgIpc) is 3.45. The van der Waals surface area contributed by atoms with Gasteiger partial charge < -0.3 is 14.2 Å². The number of allylic oxidation sites excluding steroid dienone is 12. The van der Waals surface area contributed by atoms with E-state index in [-0.39, 0.29) is 31.1 Å². The highest BCUT2D eigenvalue weighted by Gasteiger charge is 2.19. The van der Waals surface area contributed by atoms with Crippen LogP contribution < -0.4 is 0 Å². The molecule has 1 atom stereocenters. The fourth-order valence-corrected chi connectivity index (χ4v) is 10.1. The van der Waals surface area contributed by atoms with Crippen LogP contribution in [0.15, 0.2) is 72.9 Å². The van der Waals surface area contributed by atoms with Crippen LogP contribution >= 0.6 is 0 Å². The Balaban J connectivity index is 4.20. The third-order valence-electron chi connectivity index (χ3n) is 15.2. The summed E-state index contributed by atoms with van der Waals surface area (Å²) in [6.07, 6.45) is 88.0. The lowest BCUT2D eigenvalue weighted by atomic mass is 10.0. The maximum Gasteiger partial charge on any atom is 0.306 e. The summed E-state index contributed by atoms with van der Waals surface area (Å²) in [6.45, 7) is 6.51. The van der Waals surface area contributed by atoms with Gasteiger partial charge in [0, 0.05) is 19.3 Å². The Morgan fingerprint density at radius 3 is 0.823 bits per heavy atom. The van der Waals surface area contributed by atoms with E-state index in [9.17, 15) is 14.4 Å². The van der Waals surface area contributed by atoms with E-state index in [0.717, 1.165) is 103 Å². The summed E-state index contributed by atoms with van der Waals surface area (Å²) in [6, 6.07) is 0. The van der Waals surface area contributed by atoms with Gasteiger partial charge in [-0.05, 0) is 89.9 Å². The third-order valence-corrected chi connectivity index (χ3v) is 15.2. The molecule has 6 nitrogen and oxygen atoms in total. The van der Waals surface area contributed by atoms with Gasteiger partial charge in [0.2, 0.25) is 0 Å². The van der Waals surface area contributed by atoms with Crippen LogP contribution in [-0.2, 0) is 28.6 Å². The summed E-state index contributed by atoms with van der Waals surface area (Å²) in [7, 11) is 0. The molecule has 0 N–H and O–H groups in total. The minimum atomic E-state index is -0.796. The molecule has 0 rings (SSSR count). The first kappa shape index (κ1) is 75.8. The van der Waals surface area contributed by atoms with E-state index in [0.29, 0.717) is 19.3 Å². The Morgan fingerprint density at radius 2 is 0.494 bits per heavy atom. The fraction of sp³-hybridized carbons (Fsp3) is 0.795. The number of carbonyl (C=O) groups excluding carboxylic acids is 3. The average molecular weight is 1100 g/mol. The Bertz CT molecular complexity index is 1450. The van der Waals surface area contributed by atoms with E-state index in [1.807, 2.05) is 0 Å². The number of hydrogen-bond donors (Lipinski definition) is 0. The molecule has 0 radical (unpaired) electrons. The molecule has 79 heavy (non-hydrogen) atoms. The van der Waals surface area contributed by atoms with Gasteiger partial charge in [-0.2, -0.15) is 0 Å². The van der Waals surface area contributed by atoms with Crippen LogP contribution in [0.5, 0.6) is 0 Å². The maximum atomic E-state index is 12.9. The standard InChI is InChI=1S/C73H130O6/c1-4-7-10-13-16-19-22-25-27-29-31-32-33-34-35-36-37-38-39-40-41-43-44-46-48-51-54-57-60-63-66-72(75)78-69-70(68-77-71(74)65-62-59-56-53-50-24-21-18-15-12-9-6-3)79-73(76)67-64-61-58-55-52-49-47-45-42-30-28-26-23-20-17-14-11-8-5-2/h8,11,17-18,20-21,26,28,42,45,49,52,70H,4-7,9-10,12-16,19,22-25,27,29-41,43-44,46-48,50-51,53-69H2,1-3H3/b11-8-,20-17-,21-18-,28-26-,45-42-,52-49-. The molecule has 0 aromatic heterocycles. The van der Waals surface area contributed by atoms with Crippen molar-refractivity contribution in [2.24, 2.45) is 0 Å². The zero-order valence-electron chi connectivity index (χ0n) is 52.6. The molecule has 0 saturated carbocycles. The fourth-order valence-electron chi connectivity index (χ4n) is 10.1. The Hall–Kier alpha value is -3.15. The van der Waals surface area contributed by atoms with Crippen molar-refractivity contribution in [3.63, 3.8) is 0 Å². The van der Waals surface area contributed by atoms with Gasteiger partial charge in [0.1, 0.15) is 13.2 Å². The molecule has 0 saturated heterocycles. The van der Waals surface area contributed by atoms with E-state index >= 15 is 0 Å². The highest BCUT2D eigenvalue weighted by atomic mass is 16.6. The van der Waals surface area contributed by atoms with Crippen LogP contribution in [0.3, 0.4) is 0 Å². The van der Waals surface area contributed by atoms with Crippen molar-refractivity contribution >= 4 is 17.9 Å². The zero-order valence-corrected chi connectivity index (χ0v) is 52.6. The zero-order chi connectivity index (χ0) is 57.1. The van der Waals surface area contributed by atoms with E-state index in [2.05, 4.69) is 93.7 Å². The van der Waals surface area contributed by atoms with Gasteiger partial charge >= 0.3 is 17.9 Å².